The molecule has 126 valence electrons. The lowest BCUT2D eigenvalue weighted by Gasteiger charge is -2.16. The Hall–Kier alpha value is -1.93. The number of nitrogens with one attached hydrogen (secondary N) is 1. The average molecular weight is 325 g/mol. The van der Waals surface area contributed by atoms with Crippen molar-refractivity contribution in [3.05, 3.63) is 34.9 Å². The van der Waals surface area contributed by atoms with E-state index in [4.69, 9.17) is 6.42 Å². The van der Waals surface area contributed by atoms with E-state index in [1.54, 1.807) is 6.92 Å². The zero-order valence-corrected chi connectivity index (χ0v) is 13.4. The molecular formula is C18H22F3NO. The number of hydrogen-bond acceptors (Lipinski definition) is 2. The molecule has 0 aliphatic rings. The van der Waals surface area contributed by atoms with Crippen molar-refractivity contribution in [2.75, 3.05) is 13.1 Å². The molecule has 1 aromatic carbocycles. The minimum absolute atomic E-state index is 0.443. The Bertz CT molecular complexity index is 598. The van der Waals surface area contributed by atoms with Crippen LogP contribution in [-0.2, 0) is 6.18 Å². The zero-order valence-electron chi connectivity index (χ0n) is 13.4. The van der Waals surface area contributed by atoms with Crippen molar-refractivity contribution in [3.8, 4) is 18.1 Å². The number of alkyl halides is 3. The summed E-state index contributed by atoms with van der Waals surface area (Å²) in [5, 5.41) is 12.8. The van der Waals surface area contributed by atoms with E-state index in [1.165, 1.54) is 6.07 Å². The van der Waals surface area contributed by atoms with Gasteiger partial charge in [0.25, 0.3) is 0 Å². The molecule has 2 nitrogen and oxygen atoms in total. The summed E-state index contributed by atoms with van der Waals surface area (Å²) in [6, 6.07) is 2.21. The highest BCUT2D eigenvalue weighted by molar-refractivity contribution is 5.70. The Kier molecular flexibility index (Phi) is 7.18. The number of unbranched alkanes of at least 4 members (excludes halogenated alkanes) is 1. The molecule has 0 aromatic heterocycles. The summed E-state index contributed by atoms with van der Waals surface area (Å²) in [7, 11) is 0. The van der Waals surface area contributed by atoms with E-state index in [-0.39, 0.29) is 0 Å². The molecule has 0 saturated heterocycles. The molecule has 0 radical (unpaired) electrons. The van der Waals surface area contributed by atoms with Gasteiger partial charge in [0.05, 0.1) is 12.1 Å². The zero-order chi connectivity index (χ0) is 17.5. The number of hydrogen-bond donors (Lipinski definition) is 2. The topological polar surface area (TPSA) is 32.3 Å². The standard InChI is InChI=1S/C18H22F3NO/c1-4-6-7-14(8-10-22-9-5-2)15-12-17(23)16(11-13(15)3)18(19,20)21/h2,7,11-12,22-23H,4,6,8-10H2,1,3H3/b14-7-. The van der Waals surface area contributed by atoms with Gasteiger partial charge in [0.2, 0.25) is 0 Å². The van der Waals surface area contributed by atoms with Crippen LogP contribution in [0.4, 0.5) is 13.2 Å². The van der Waals surface area contributed by atoms with Gasteiger partial charge in [-0.15, -0.1) is 6.42 Å². The quantitative estimate of drug-likeness (QED) is 0.571. The predicted octanol–water partition coefficient (Wildman–Crippen LogP) is 4.52. The number of phenolic OH excluding ortho intramolecular Hbond substituents is 1. The normalized spacial score (nSPS) is 12.3. The fourth-order valence-electron chi connectivity index (χ4n) is 2.32. The number of rotatable bonds is 7. The number of halogens is 3. The lowest BCUT2D eigenvalue weighted by molar-refractivity contribution is -0.138. The largest absolute Gasteiger partial charge is 0.507 e. The Balaban J connectivity index is 3.11. The number of terminal acetylenes is 1. The van der Waals surface area contributed by atoms with E-state index in [0.717, 1.165) is 24.5 Å². The number of allylic oxidation sites excluding steroid dienone is 1. The van der Waals surface area contributed by atoms with Crippen LogP contribution < -0.4 is 5.32 Å². The lowest BCUT2D eigenvalue weighted by Crippen LogP contribution is -2.15. The van der Waals surface area contributed by atoms with Gasteiger partial charge in [-0.25, -0.2) is 0 Å². The van der Waals surface area contributed by atoms with Crippen LogP contribution in [0.15, 0.2) is 18.2 Å². The van der Waals surface area contributed by atoms with Crippen LogP contribution >= 0.6 is 0 Å². The summed E-state index contributed by atoms with van der Waals surface area (Å²) in [5.41, 5.74) is 1.05. The van der Waals surface area contributed by atoms with Crippen LogP contribution in [-0.4, -0.2) is 18.2 Å². The lowest BCUT2D eigenvalue weighted by atomic mass is 9.94. The summed E-state index contributed by atoms with van der Waals surface area (Å²) in [4.78, 5) is 0. The average Bonchev–Trinajstić information content (AvgIpc) is 2.47. The van der Waals surface area contributed by atoms with Gasteiger partial charge in [-0.2, -0.15) is 13.2 Å². The van der Waals surface area contributed by atoms with Crippen LogP contribution in [0.3, 0.4) is 0 Å². The van der Waals surface area contributed by atoms with E-state index >= 15 is 0 Å². The van der Waals surface area contributed by atoms with Crippen molar-refractivity contribution in [3.63, 3.8) is 0 Å². The third-order valence-electron chi connectivity index (χ3n) is 3.47. The molecule has 0 amide bonds. The van der Waals surface area contributed by atoms with Gasteiger partial charge in [0.1, 0.15) is 5.75 Å². The van der Waals surface area contributed by atoms with Gasteiger partial charge in [-0.05, 0) is 48.6 Å². The van der Waals surface area contributed by atoms with Gasteiger partial charge < -0.3 is 10.4 Å². The van der Waals surface area contributed by atoms with Gasteiger partial charge >= 0.3 is 6.18 Å². The van der Waals surface area contributed by atoms with Crippen LogP contribution in [0.1, 0.15) is 42.9 Å². The molecule has 0 heterocycles. The monoisotopic (exact) mass is 325 g/mol. The second-order valence-corrected chi connectivity index (χ2v) is 5.33. The van der Waals surface area contributed by atoms with Gasteiger partial charge in [0, 0.05) is 6.54 Å². The van der Waals surface area contributed by atoms with Crippen LogP contribution in [0.25, 0.3) is 5.57 Å². The molecule has 0 bridgehead atoms. The maximum atomic E-state index is 12.8. The molecule has 2 N–H and O–H groups in total. The number of aromatic hydroxyl groups is 1. The molecule has 23 heavy (non-hydrogen) atoms. The number of benzene rings is 1. The van der Waals surface area contributed by atoms with E-state index in [2.05, 4.69) is 11.2 Å². The Morgan fingerprint density at radius 1 is 1.39 bits per heavy atom. The van der Waals surface area contributed by atoms with Crippen LogP contribution in [0.5, 0.6) is 5.75 Å². The molecule has 0 aliphatic carbocycles. The second kappa shape index (κ2) is 8.64. The first-order valence-electron chi connectivity index (χ1n) is 7.55. The van der Waals surface area contributed by atoms with Gasteiger partial charge in [0.15, 0.2) is 0 Å². The molecule has 1 aromatic rings. The fraction of sp³-hybridized carbons (Fsp3) is 0.444. The summed E-state index contributed by atoms with van der Waals surface area (Å²) >= 11 is 0. The molecule has 0 atom stereocenters. The smallest absolute Gasteiger partial charge is 0.419 e. The molecule has 0 saturated carbocycles. The molecule has 0 aliphatic heterocycles. The van der Waals surface area contributed by atoms with Crippen molar-refractivity contribution in [2.45, 2.75) is 39.3 Å². The maximum Gasteiger partial charge on any atom is 0.419 e. The number of phenols is 1. The molecule has 5 heteroatoms. The van der Waals surface area contributed by atoms with Crippen molar-refractivity contribution in [1.82, 2.24) is 5.32 Å². The van der Waals surface area contributed by atoms with E-state index in [0.29, 0.717) is 30.6 Å². The fourth-order valence-corrected chi connectivity index (χ4v) is 2.32. The summed E-state index contributed by atoms with van der Waals surface area (Å²) in [5.74, 6) is 1.73. The summed E-state index contributed by atoms with van der Waals surface area (Å²) in [6.07, 6.45) is 5.01. The molecule has 1 rings (SSSR count). The van der Waals surface area contributed by atoms with Gasteiger partial charge in [-0.3, -0.25) is 0 Å². The Labute approximate surface area is 135 Å². The third-order valence-corrected chi connectivity index (χ3v) is 3.47. The molecular weight excluding hydrogens is 303 g/mol. The van der Waals surface area contributed by atoms with Crippen LogP contribution in [0, 0.1) is 19.3 Å². The molecule has 0 spiro atoms. The van der Waals surface area contributed by atoms with E-state index in [9.17, 15) is 18.3 Å². The first-order chi connectivity index (χ1) is 10.8. The Morgan fingerprint density at radius 3 is 2.65 bits per heavy atom. The van der Waals surface area contributed by atoms with Crippen molar-refractivity contribution in [2.24, 2.45) is 0 Å². The molecule has 0 unspecified atom stereocenters. The van der Waals surface area contributed by atoms with E-state index < -0.39 is 17.5 Å². The second-order valence-electron chi connectivity index (χ2n) is 5.33. The third kappa shape index (κ3) is 5.65. The minimum Gasteiger partial charge on any atom is -0.507 e. The van der Waals surface area contributed by atoms with E-state index in [1.807, 2.05) is 13.0 Å². The van der Waals surface area contributed by atoms with Crippen LogP contribution in [0.2, 0.25) is 0 Å². The summed E-state index contributed by atoms with van der Waals surface area (Å²) < 4.78 is 38.5. The number of aryl methyl sites for hydroxylation is 1. The first-order valence-corrected chi connectivity index (χ1v) is 7.55. The van der Waals surface area contributed by atoms with Crippen molar-refractivity contribution < 1.29 is 18.3 Å². The van der Waals surface area contributed by atoms with Gasteiger partial charge in [-0.1, -0.05) is 25.3 Å². The Morgan fingerprint density at radius 2 is 2.09 bits per heavy atom. The SMILES string of the molecule is C#CCNCC/C(=C/CCC)c1cc(O)c(C(F)(F)F)cc1C. The first kappa shape index (κ1) is 19.1. The highest BCUT2D eigenvalue weighted by Gasteiger charge is 2.34. The minimum atomic E-state index is -4.56. The summed E-state index contributed by atoms with van der Waals surface area (Å²) in [6.45, 7) is 4.72. The predicted molar refractivity (Wildman–Crippen MR) is 87.1 cm³/mol. The highest BCUT2D eigenvalue weighted by atomic mass is 19.4. The van der Waals surface area contributed by atoms with Crippen molar-refractivity contribution >= 4 is 5.57 Å². The maximum absolute atomic E-state index is 12.8. The molecule has 0 fully saturated rings. The highest BCUT2D eigenvalue weighted by Crippen LogP contribution is 2.39. The van der Waals surface area contributed by atoms with Crippen molar-refractivity contribution in [1.29, 1.82) is 0 Å².